The summed E-state index contributed by atoms with van der Waals surface area (Å²) in [4.78, 5) is 0. The predicted octanol–water partition coefficient (Wildman–Crippen LogP) is 1.95. The van der Waals surface area contributed by atoms with Crippen molar-refractivity contribution in [2.45, 2.75) is 44.6 Å². The van der Waals surface area contributed by atoms with Crippen molar-refractivity contribution >= 4 is 0 Å². The third kappa shape index (κ3) is 2.96. The Balaban J connectivity index is 1.52. The van der Waals surface area contributed by atoms with Gasteiger partial charge in [0, 0.05) is 12.6 Å². The van der Waals surface area contributed by atoms with Crippen LogP contribution in [0.5, 0.6) is 0 Å². The quantitative estimate of drug-likeness (QED) is 0.719. The Morgan fingerprint density at radius 3 is 2.54 bits per heavy atom. The van der Waals surface area contributed by atoms with Crippen LogP contribution in [-0.2, 0) is 4.74 Å². The molecule has 2 fully saturated rings. The van der Waals surface area contributed by atoms with E-state index in [0.717, 1.165) is 19.1 Å². The van der Waals surface area contributed by atoms with E-state index in [1.165, 1.54) is 45.1 Å². The summed E-state index contributed by atoms with van der Waals surface area (Å²) in [5, 5.41) is 3.46. The highest BCUT2D eigenvalue weighted by molar-refractivity contribution is 4.74. The van der Waals surface area contributed by atoms with E-state index >= 15 is 0 Å². The van der Waals surface area contributed by atoms with Gasteiger partial charge in [0.15, 0.2) is 0 Å². The Hall–Kier alpha value is -0.0800. The number of hydrogen-bond acceptors (Lipinski definition) is 2. The van der Waals surface area contributed by atoms with E-state index in [2.05, 4.69) is 5.32 Å². The topological polar surface area (TPSA) is 21.3 Å². The van der Waals surface area contributed by atoms with Crippen LogP contribution in [0.25, 0.3) is 0 Å². The van der Waals surface area contributed by atoms with Gasteiger partial charge in [-0.3, -0.25) is 0 Å². The highest BCUT2D eigenvalue weighted by Gasteiger charge is 2.17. The molecule has 0 bridgehead atoms. The Kier molecular flexibility index (Phi) is 3.62. The van der Waals surface area contributed by atoms with Crippen molar-refractivity contribution in [1.29, 1.82) is 0 Å². The van der Waals surface area contributed by atoms with Crippen LogP contribution in [-0.4, -0.2) is 25.8 Å². The van der Waals surface area contributed by atoms with E-state index < -0.39 is 0 Å². The van der Waals surface area contributed by atoms with Gasteiger partial charge in [-0.25, -0.2) is 0 Å². The molecule has 2 heteroatoms. The van der Waals surface area contributed by atoms with E-state index in [9.17, 15) is 0 Å². The molecule has 1 atom stereocenters. The molecule has 2 aliphatic rings. The molecule has 1 heterocycles. The second kappa shape index (κ2) is 4.97. The molecule has 0 spiro atoms. The molecule has 0 aromatic rings. The molecule has 0 amide bonds. The van der Waals surface area contributed by atoms with Gasteiger partial charge in [-0.15, -0.1) is 0 Å². The lowest BCUT2D eigenvalue weighted by Gasteiger charge is -2.13. The van der Waals surface area contributed by atoms with Gasteiger partial charge in [0.1, 0.15) is 0 Å². The van der Waals surface area contributed by atoms with Crippen LogP contribution in [0.15, 0.2) is 0 Å². The van der Waals surface area contributed by atoms with Crippen LogP contribution >= 0.6 is 0 Å². The van der Waals surface area contributed by atoms with E-state index in [0.29, 0.717) is 6.04 Å². The fraction of sp³-hybridized carbons (Fsp3) is 1.00. The average molecular weight is 183 g/mol. The predicted molar refractivity (Wildman–Crippen MR) is 53.8 cm³/mol. The van der Waals surface area contributed by atoms with Gasteiger partial charge in [0.25, 0.3) is 0 Å². The summed E-state index contributed by atoms with van der Waals surface area (Å²) in [7, 11) is 0. The van der Waals surface area contributed by atoms with Crippen molar-refractivity contribution < 1.29 is 4.74 Å². The van der Waals surface area contributed by atoms with Crippen LogP contribution in [0, 0.1) is 5.92 Å². The first-order valence-electron chi connectivity index (χ1n) is 5.76. The van der Waals surface area contributed by atoms with Crippen molar-refractivity contribution in [1.82, 2.24) is 5.32 Å². The first-order chi connectivity index (χ1) is 6.45. The standard InChI is InChI=1S/C11H21NO/c1-2-5-10(4-1)8-13-9-11-6-3-7-12-11/h10-12H,1-9H2/t11-/m1/s1. The van der Waals surface area contributed by atoms with E-state index in [1.54, 1.807) is 0 Å². The lowest BCUT2D eigenvalue weighted by molar-refractivity contribution is 0.0867. The fourth-order valence-corrected chi connectivity index (χ4v) is 2.45. The molecule has 0 aromatic carbocycles. The summed E-state index contributed by atoms with van der Waals surface area (Å²) in [5.41, 5.74) is 0. The molecule has 76 valence electrons. The normalized spacial score (nSPS) is 30.0. The van der Waals surface area contributed by atoms with Gasteiger partial charge in [-0.05, 0) is 38.1 Å². The molecule has 2 nitrogen and oxygen atoms in total. The number of nitrogens with one attached hydrogen (secondary N) is 1. The van der Waals surface area contributed by atoms with E-state index in [1.807, 2.05) is 0 Å². The summed E-state index contributed by atoms with van der Waals surface area (Å²) < 4.78 is 5.74. The maximum Gasteiger partial charge on any atom is 0.0619 e. The zero-order valence-corrected chi connectivity index (χ0v) is 8.43. The van der Waals surface area contributed by atoms with Gasteiger partial charge in [0.05, 0.1) is 6.61 Å². The molecule has 1 N–H and O–H groups in total. The summed E-state index contributed by atoms with van der Waals surface area (Å²) in [6, 6.07) is 0.654. The first kappa shape index (κ1) is 9.47. The monoisotopic (exact) mass is 183 g/mol. The summed E-state index contributed by atoms with van der Waals surface area (Å²) >= 11 is 0. The lowest BCUT2D eigenvalue weighted by Crippen LogP contribution is -2.27. The fourth-order valence-electron chi connectivity index (χ4n) is 2.45. The molecule has 2 rings (SSSR count). The summed E-state index contributed by atoms with van der Waals surface area (Å²) in [6.07, 6.45) is 8.30. The van der Waals surface area contributed by atoms with Crippen molar-refractivity contribution in [3.05, 3.63) is 0 Å². The maximum atomic E-state index is 5.74. The van der Waals surface area contributed by atoms with Gasteiger partial charge in [-0.2, -0.15) is 0 Å². The van der Waals surface area contributed by atoms with Crippen LogP contribution in [0.3, 0.4) is 0 Å². The van der Waals surface area contributed by atoms with Gasteiger partial charge in [-0.1, -0.05) is 12.8 Å². The molecular weight excluding hydrogens is 162 g/mol. The molecule has 1 saturated carbocycles. The largest absolute Gasteiger partial charge is 0.380 e. The van der Waals surface area contributed by atoms with Crippen LogP contribution in [0.2, 0.25) is 0 Å². The van der Waals surface area contributed by atoms with Crippen molar-refractivity contribution in [2.24, 2.45) is 5.92 Å². The van der Waals surface area contributed by atoms with Gasteiger partial charge in [0.2, 0.25) is 0 Å². The SMILES string of the molecule is C1CCC(COC[C@H]2CCCN2)C1. The second-order valence-electron chi connectivity index (χ2n) is 4.48. The van der Waals surface area contributed by atoms with Crippen molar-refractivity contribution in [2.75, 3.05) is 19.8 Å². The Bertz CT molecular complexity index is 121. The number of hydrogen-bond donors (Lipinski definition) is 1. The van der Waals surface area contributed by atoms with Crippen LogP contribution < -0.4 is 5.32 Å². The molecule has 1 aliphatic carbocycles. The average Bonchev–Trinajstić information content (AvgIpc) is 2.75. The third-order valence-electron chi connectivity index (χ3n) is 3.31. The lowest BCUT2D eigenvalue weighted by atomic mass is 10.1. The minimum atomic E-state index is 0.654. The molecule has 1 aliphatic heterocycles. The Morgan fingerprint density at radius 1 is 1.00 bits per heavy atom. The highest BCUT2D eigenvalue weighted by atomic mass is 16.5. The second-order valence-corrected chi connectivity index (χ2v) is 4.48. The highest BCUT2D eigenvalue weighted by Crippen LogP contribution is 2.24. The molecular formula is C11H21NO. The molecule has 0 unspecified atom stereocenters. The first-order valence-corrected chi connectivity index (χ1v) is 5.76. The van der Waals surface area contributed by atoms with E-state index in [4.69, 9.17) is 4.74 Å². The molecule has 0 radical (unpaired) electrons. The Morgan fingerprint density at radius 2 is 1.85 bits per heavy atom. The molecule has 0 aromatic heterocycles. The van der Waals surface area contributed by atoms with Crippen molar-refractivity contribution in [3.8, 4) is 0 Å². The maximum absolute atomic E-state index is 5.74. The van der Waals surface area contributed by atoms with Crippen LogP contribution in [0.4, 0.5) is 0 Å². The number of rotatable bonds is 4. The van der Waals surface area contributed by atoms with Gasteiger partial charge < -0.3 is 10.1 Å². The van der Waals surface area contributed by atoms with Gasteiger partial charge >= 0.3 is 0 Å². The smallest absolute Gasteiger partial charge is 0.0619 e. The molecule has 13 heavy (non-hydrogen) atoms. The zero-order chi connectivity index (χ0) is 8.93. The zero-order valence-electron chi connectivity index (χ0n) is 8.43. The third-order valence-corrected chi connectivity index (χ3v) is 3.31. The summed E-state index contributed by atoms with van der Waals surface area (Å²) in [5.74, 6) is 0.876. The van der Waals surface area contributed by atoms with Crippen molar-refractivity contribution in [3.63, 3.8) is 0 Å². The van der Waals surface area contributed by atoms with Crippen LogP contribution in [0.1, 0.15) is 38.5 Å². The minimum absolute atomic E-state index is 0.654. The Labute approximate surface area is 81.0 Å². The van der Waals surface area contributed by atoms with E-state index in [-0.39, 0.29) is 0 Å². The number of ether oxygens (including phenoxy) is 1. The minimum Gasteiger partial charge on any atom is -0.380 e. The summed E-state index contributed by atoms with van der Waals surface area (Å²) in [6.45, 7) is 3.14. The molecule has 1 saturated heterocycles.